The molecule has 0 rings (SSSR count). The fourth-order valence-electron chi connectivity index (χ4n) is 1.32. The SMILES string of the molecule is CO[SiH](CCCCCCCN)OC. The highest BCUT2D eigenvalue weighted by Gasteiger charge is 2.07. The Labute approximate surface area is 83.5 Å². The summed E-state index contributed by atoms with van der Waals surface area (Å²) in [7, 11) is 2.21. The summed E-state index contributed by atoms with van der Waals surface area (Å²) in [4.78, 5) is 0. The molecule has 0 aromatic heterocycles. The van der Waals surface area contributed by atoms with Gasteiger partial charge in [0.1, 0.15) is 0 Å². The predicted octanol–water partition coefficient (Wildman–Crippen LogP) is 1.41. The van der Waals surface area contributed by atoms with E-state index in [4.69, 9.17) is 14.6 Å². The van der Waals surface area contributed by atoms with Gasteiger partial charge in [-0.25, -0.2) is 0 Å². The van der Waals surface area contributed by atoms with E-state index in [0.29, 0.717) is 0 Å². The largest absolute Gasteiger partial charge is 0.400 e. The number of hydrogen-bond acceptors (Lipinski definition) is 3. The molecular weight excluding hydrogens is 182 g/mol. The molecule has 0 fully saturated rings. The summed E-state index contributed by atoms with van der Waals surface area (Å²) in [6, 6.07) is 1.13. The van der Waals surface area contributed by atoms with Crippen LogP contribution in [0.5, 0.6) is 0 Å². The fraction of sp³-hybridized carbons (Fsp3) is 1.00. The van der Waals surface area contributed by atoms with Crippen molar-refractivity contribution in [3.63, 3.8) is 0 Å². The number of unbranched alkanes of at least 4 members (excludes halogenated alkanes) is 4. The Bertz CT molecular complexity index is 99.6. The van der Waals surface area contributed by atoms with Crippen LogP contribution in [-0.4, -0.2) is 30.0 Å². The maximum atomic E-state index is 5.40. The molecule has 0 aliphatic carbocycles. The van der Waals surface area contributed by atoms with E-state index in [1.54, 1.807) is 14.2 Å². The van der Waals surface area contributed by atoms with Gasteiger partial charge in [-0.2, -0.15) is 0 Å². The lowest BCUT2D eigenvalue weighted by atomic mass is 10.2. The van der Waals surface area contributed by atoms with Crippen LogP contribution in [-0.2, 0) is 8.85 Å². The molecule has 0 amide bonds. The second-order valence-electron chi connectivity index (χ2n) is 3.25. The van der Waals surface area contributed by atoms with Crippen molar-refractivity contribution in [1.82, 2.24) is 0 Å². The molecule has 0 unspecified atom stereocenters. The van der Waals surface area contributed by atoms with Crippen LogP contribution in [0.3, 0.4) is 0 Å². The van der Waals surface area contributed by atoms with Crippen LogP contribution in [0.25, 0.3) is 0 Å². The lowest BCUT2D eigenvalue weighted by Crippen LogP contribution is -2.18. The molecule has 0 bridgehead atoms. The zero-order valence-electron chi connectivity index (χ0n) is 8.92. The van der Waals surface area contributed by atoms with Gasteiger partial charge in [0.05, 0.1) is 0 Å². The second kappa shape index (κ2) is 10.2. The lowest BCUT2D eigenvalue weighted by molar-refractivity contribution is 0.276. The maximum absolute atomic E-state index is 5.40. The molecule has 0 aliphatic rings. The molecule has 80 valence electrons. The molecular formula is C9H23NO2Si. The van der Waals surface area contributed by atoms with E-state index in [1.807, 2.05) is 0 Å². The quantitative estimate of drug-likeness (QED) is 0.457. The van der Waals surface area contributed by atoms with E-state index in [2.05, 4.69) is 0 Å². The summed E-state index contributed by atoms with van der Waals surface area (Å²) in [5.41, 5.74) is 5.40. The minimum atomic E-state index is -1.28. The van der Waals surface area contributed by atoms with Crippen molar-refractivity contribution >= 4 is 9.28 Å². The third-order valence-corrected chi connectivity index (χ3v) is 4.10. The normalized spacial score (nSPS) is 11.1. The summed E-state index contributed by atoms with van der Waals surface area (Å²) in [6.45, 7) is 0.827. The van der Waals surface area contributed by atoms with E-state index in [1.165, 1.54) is 25.7 Å². The second-order valence-corrected chi connectivity index (χ2v) is 5.63. The van der Waals surface area contributed by atoms with Crippen LogP contribution in [0.1, 0.15) is 32.1 Å². The first-order valence-corrected chi connectivity index (χ1v) is 6.86. The molecule has 0 aromatic carbocycles. The Morgan fingerprint density at radius 3 is 2.00 bits per heavy atom. The van der Waals surface area contributed by atoms with Gasteiger partial charge in [0.2, 0.25) is 0 Å². The van der Waals surface area contributed by atoms with Crippen LogP contribution in [0.4, 0.5) is 0 Å². The van der Waals surface area contributed by atoms with Gasteiger partial charge in [0, 0.05) is 14.2 Å². The topological polar surface area (TPSA) is 44.5 Å². The number of nitrogens with two attached hydrogens (primary N) is 1. The van der Waals surface area contributed by atoms with Crippen LogP contribution < -0.4 is 5.73 Å². The summed E-state index contributed by atoms with van der Waals surface area (Å²) in [6.07, 6.45) is 6.25. The molecule has 0 aromatic rings. The third kappa shape index (κ3) is 8.43. The van der Waals surface area contributed by atoms with Gasteiger partial charge in [-0.05, 0) is 19.0 Å². The first-order chi connectivity index (χ1) is 6.35. The average molecular weight is 205 g/mol. The third-order valence-electron chi connectivity index (χ3n) is 2.17. The number of rotatable bonds is 9. The number of hydrogen-bond donors (Lipinski definition) is 1. The van der Waals surface area contributed by atoms with Crippen molar-refractivity contribution in [2.75, 3.05) is 20.8 Å². The molecule has 13 heavy (non-hydrogen) atoms. The average Bonchev–Trinajstić information content (AvgIpc) is 2.17. The van der Waals surface area contributed by atoms with Gasteiger partial charge < -0.3 is 14.6 Å². The van der Waals surface area contributed by atoms with E-state index in [-0.39, 0.29) is 0 Å². The Kier molecular flexibility index (Phi) is 10.3. The molecule has 0 aliphatic heterocycles. The maximum Gasteiger partial charge on any atom is 0.320 e. The van der Waals surface area contributed by atoms with Gasteiger partial charge in [0.25, 0.3) is 0 Å². The highest BCUT2D eigenvalue weighted by molar-refractivity contribution is 6.44. The zero-order chi connectivity index (χ0) is 9.94. The first kappa shape index (κ1) is 13.1. The van der Waals surface area contributed by atoms with Crippen molar-refractivity contribution in [1.29, 1.82) is 0 Å². The van der Waals surface area contributed by atoms with Gasteiger partial charge in [-0.1, -0.05) is 25.7 Å². The standard InChI is InChI=1S/C9H23NO2Si/c1-11-13(12-2)9-7-5-3-4-6-8-10/h13H,3-10H2,1-2H3. The van der Waals surface area contributed by atoms with E-state index < -0.39 is 9.28 Å². The van der Waals surface area contributed by atoms with Crippen LogP contribution in [0, 0.1) is 0 Å². The molecule has 0 spiro atoms. The van der Waals surface area contributed by atoms with Crippen LogP contribution in [0.2, 0.25) is 6.04 Å². The minimum absolute atomic E-state index is 0.827. The molecule has 0 saturated heterocycles. The minimum Gasteiger partial charge on any atom is -0.400 e. The highest BCUT2D eigenvalue weighted by atomic mass is 28.3. The Balaban J connectivity index is 3.05. The van der Waals surface area contributed by atoms with Gasteiger partial charge in [-0.3, -0.25) is 0 Å². The molecule has 0 radical (unpaired) electrons. The Morgan fingerprint density at radius 2 is 1.46 bits per heavy atom. The molecule has 0 atom stereocenters. The molecule has 4 heteroatoms. The van der Waals surface area contributed by atoms with Crippen molar-refractivity contribution in [3.05, 3.63) is 0 Å². The van der Waals surface area contributed by atoms with E-state index in [0.717, 1.165) is 19.0 Å². The molecule has 0 heterocycles. The zero-order valence-corrected chi connectivity index (χ0v) is 10.1. The Hall–Kier alpha value is 0.0969. The van der Waals surface area contributed by atoms with Gasteiger partial charge in [0.15, 0.2) is 0 Å². The van der Waals surface area contributed by atoms with Crippen molar-refractivity contribution < 1.29 is 8.85 Å². The predicted molar refractivity (Wildman–Crippen MR) is 58.1 cm³/mol. The van der Waals surface area contributed by atoms with Crippen LogP contribution >= 0.6 is 0 Å². The van der Waals surface area contributed by atoms with E-state index in [9.17, 15) is 0 Å². The Morgan fingerprint density at radius 1 is 0.923 bits per heavy atom. The van der Waals surface area contributed by atoms with Crippen molar-refractivity contribution in [3.8, 4) is 0 Å². The summed E-state index contributed by atoms with van der Waals surface area (Å²) < 4.78 is 10.4. The molecule has 2 N–H and O–H groups in total. The van der Waals surface area contributed by atoms with Crippen molar-refractivity contribution in [2.45, 2.75) is 38.1 Å². The highest BCUT2D eigenvalue weighted by Crippen LogP contribution is 2.07. The fourth-order valence-corrected chi connectivity index (χ4v) is 2.60. The smallest absolute Gasteiger partial charge is 0.320 e. The van der Waals surface area contributed by atoms with E-state index >= 15 is 0 Å². The molecule has 0 saturated carbocycles. The lowest BCUT2D eigenvalue weighted by Gasteiger charge is -2.09. The van der Waals surface area contributed by atoms with Gasteiger partial charge >= 0.3 is 9.28 Å². The van der Waals surface area contributed by atoms with Gasteiger partial charge in [-0.15, -0.1) is 0 Å². The summed E-state index contributed by atoms with van der Waals surface area (Å²) >= 11 is 0. The first-order valence-electron chi connectivity index (χ1n) is 5.10. The van der Waals surface area contributed by atoms with Crippen LogP contribution in [0.15, 0.2) is 0 Å². The molecule has 3 nitrogen and oxygen atoms in total. The monoisotopic (exact) mass is 205 g/mol. The van der Waals surface area contributed by atoms with Crippen molar-refractivity contribution in [2.24, 2.45) is 5.73 Å². The summed E-state index contributed by atoms with van der Waals surface area (Å²) in [5, 5.41) is 0. The summed E-state index contributed by atoms with van der Waals surface area (Å²) in [5.74, 6) is 0.